The molecule has 0 aromatic heterocycles. The van der Waals surface area contributed by atoms with E-state index in [9.17, 15) is 4.79 Å². The van der Waals surface area contributed by atoms with Gasteiger partial charge in [0.2, 0.25) is 5.91 Å². The number of halogens is 3. The van der Waals surface area contributed by atoms with Crippen LogP contribution < -0.4 is 14.8 Å². The molecule has 0 radical (unpaired) electrons. The van der Waals surface area contributed by atoms with Gasteiger partial charge in [-0.3, -0.25) is 4.79 Å². The van der Waals surface area contributed by atoms with Gasteiger partial charge in [0.25, 0.3) is 0 Å². The Kier molecular flexibility index (Phi) is 9.41. The fourth-order valence-corrected chi connectivity index (χ4v) is 4.37. The van der Waals surface area contributed by atoms with Gasteiger partial charge in [-0.1, -0.05) is 42.8 Å². The van der Waals surface area contributed by atoms with E-state index in [4.69, 9.17) is 21.1 Å². The average Bonchev–Trinajstić information content (AvgIpc) is 2.79. The Morgan fingerprint density at radius 1 is 1.03 bits per heavy atom. The molecular weight excluding hydrogens is 570 g/mol. The molecule has 0 aliphatic rings. The summed E-state index contributed by atoms with van der Waals surface area (Å²) in [5.74, 6) is 0.934. The van der Waals surface area contributed by atoms with E-state index in [1.54, 1.807) is 6.08 Å². The minimum atomic E-state index is -0.229. The van der Waals surface area contributed by atoms with Crippen molar-refractivity contribution in [2.24, 2.45) is 0 Å². The van der Waals surface area contributed by atoms with Crippen molar-refractivity contribution < 1.29 is 14.3 Å². The van der Waals surface area contributed by atoms with Crippen LogP contribution in [0.25, 0.3) is 6.08 Å². The predicted molar refractivity (Wildman–Crippen MR) is 142 cm³/mol. The summed E-state index contributed by atoms with van der Waals surface area (Å²) in [6, 6.07) is 17.1. The molecule has 1 N–H and O–H groups in total. The molecular formula is C26H24Br2ClNO3. The van der Waals surface area contributed by atoms with Gasteiger partial charge in [-0.2, -0.15) is 0 Å². The van der Waals surface area contributed by atoms with E-state index >= 15 is 0 Å². The van der Waals surface area contributed by atoms with Crippen molar-refractivity contribution in [2.75, 3.05) is 11.9 Å². The first-order valence-corrected chi connectivity index (χ1v) is 12.5. The lowest BCUT2D eigenvalue weighted by Crippen LogP contribution is -2.08. The summed E-state index contributed by atoms with van der Waals surface area (Å²) in [6.07, 6.45) is 4.15. The highest BCUT2D eigenvalue weighted by Crippen LogP contribution is 2.38. The van der Waals surface area contributed by atoms with Crippen molar-refractivity contribution in [1.29, 1.82) is 0 Å². The van der Waals surface area contributed by atoms with Crippen LogP contribution in [0.4, 0.5) is 5.69 Å². The largest absolute Gasteiger partial charge is 0.490 e. The number of carbonyl (C=O) groups is 1. The second kappa shape index (κ2) is 12.3. The maximum Gasteiger partial charge on any atom is 0.248 e. The first-order chi connectivity index (χ1) is 15.9. The van der Waals surface area contributed by atoms with E-state index < -0.39 is 0 Å². The smallest absolute Gasteiger partial charge is 0.248 e. The van der Waals surface area contributed by atoms with Gasteiger partial charge in [0, 0.05) is 21.1 Å². The van der Waals surface area contributed by atoms with Crippen molar-refractivity contribution >= 4 is 61.1 Å². The molecule has 3 aromatic rings. The summed E-state index contributed by atoms with van der Waals surface area (Å²) in [7, 11) is 0. The molecule has 0 spiro atoms. The molecule has 3 rings (SSSR count). The van der Waals surface area contributed by atoms with E-state index in [1.165, 1.54) is 11.6 Å². The minimum Gasteiger partial charge on any atom is -0.490 e. The summed E-state index contributed by atoms with van der Waals surface area (Å²) in [4.78, 5) is 12.4. The summed E-state index contributed by atoms with van der Waals surface area (Å²) < 4.78 is 13.4. The zero-order chi connectivity index (χ0) is 23.8. The third kappa shape index (κ3) is 7.10. The standard InChI is InChI=1S/C26H24Br2ClNO3/c1-3-17-9-11-23(20(27)13-17)30-25(31)12-10-18-14-21(28)26(24(15-18)32-4-2)33-16-19-7-5-6-8-22(19)29/h5-15H,3-4,16H2,1-2H3,(H,30,31)/b12-10+. The molecule has 7 heteroatoms. The van der Waals surface area contributed by atoms with Crippen LogP contribution in [-0.2, 0) is 17.8 Å². The van der Waals surface area contributed by atoms with E-state index in [2.05, 4.69) is 44.1 Å². The molecule has 33 heavy (non-hydrogen) atoms. The molecule has 4 nitrogen and oxygen atoms in total. The quantitative estimate of drug-likeness (QED) is 0.255. The van der Waals surface area contributed by atoms with E-state index in [-0.39, 0.29) is 5.91 Å². The second-order valence-corrected chi connectivity index (χ2v) is 9.25. The molecule has 1 amide bonds. The fourth-order valence-electron chi connectivity index (χ4n) is 3.08. The van der Waals surface area contributed by atoms with Gasteiger partial charge in [0.05, 0.1) is 16.8 Å². The number of hydrogen-bond donors (Lipinski definition) is 1. The van der Waals surface area contributed by atoms with Gasteiger partial charge >= 0.3 is 0 Å². The maximum absolute atomic E-state index is 12.4. The monoisotopic (exact) mass is 591 g/mol. The van der Waals surface area contributed by atoms with Crippen molar-refractivity contribution in [3.63, 3.8) is 0 Å². The third-order valence-corrected chi connectivity index (χ3v) is 6.40. The molecule has 3 aromatic carbocycles. The molecule has 0 atom stereocenters. The minimum absolute atomic E-state index is 0.229. The predicted octanol–water partition coefficient (Wildman–Crippen LogP) is 8.06. The lowest BCUT2D eigenvalue weighted by Gasteiger charge is -2.15. The van der Waals surface area contributed by atoms with Crippen molar-refractivity contribution in [2.45, 2.75) is 26.9 Å². The molecule has 0 heterocycles. The Labute approximate surface area is 216 Å². The molecule has 0 bridgehead atoms. The van der Waals surface area contributed by atoms with Gasteiger partial charge in [-0.15, -0.1) is 0 Å². The van der Waals surface area contributed by atoms with Crippen LogP contribution in [0.15, 0.2) is 69.6 Å². The number of rotatable bonds is 9. The summed E-state index contributed by atoms with van der Waals surface area (Å²) in [6.45, 7) is 4.78. The molecule has 0 aliphatic heterocycles. The number of anilines is 1. The number of nitrogens with one attached hydrogen (secondary N) is 1. The fraction of sp³-hybridized carbons (Fsp3) is 0.192. The van der Waals surface area contributed by atoms with Crippen LogP contribution in [0.1, 0.15) is 30.5 Å². The number of aryl methyl sites for hydroxylation is 1. The lowest BCUT2D eigenvalue weighted by atomic mass is 10.1. The Morgan fingerprint density at radius 3 is 2.52 bits per heavy atom. The highest BCUT2D eigenvalue weighted by molar-refractivity contribution is 9.11. The first kappa shape index (κ1) is 25.3. The molecule has 0 unspecified atom stereocenters. The van der Waals surface area contributed by atoms with Crippen LogP contribution >= 0.6 is 43.5 Å². The zero-order valence-electron chi connectivity index (χ0n) is 18.3. The molecule has 0 aliphatic carbocycles. The van der Waals surface area contributed by atoms with Gasteiger partial charge in [-0.25, -0.2) is 0 Å². The van der Waals surface area contributed by atoms with Crippen molar-refractivity contribution in [1.82, 2.24) is 0 Å². The highest BCUT2D eigenvalue weighted by atomic mass is 79.9. The summed E-state index contributed by atoms with van der Waals surface area (Å²) >= 11 is 13.3. The maximum atomic E-state index is 12.4. The second-order valence-electron chi connectivity index (χ2n) is 7.13. The number of hydrogen-bond acceptors (Lipinski definition) is 3. The Balaban J connectivity index is 1.74. The molecule has 172 valence electrons. The van der Waals surface area contributed by atoms with Crippen molar-refractivity contribution in [3.05, 3.63) is 91.3 Å². The van der Waals surface area contributed by atoms with Crippen LogP contribution in [-0.4, -0.2) is 12.5 Å². The first-order valence-electron chi connectivity index (χ1n) is 10.5. The topological polar surface area (TPSA) is 47.6 Å². The molecule has 0 saturated heterocycles. The number of benzene rings is 3. The lowest BCUT2D eigenvalue weighted by molar-refractivity contribution is -0.111. The van der Waals surface area contributed by atoms with Crippen LogP contribution in [0.5, 0.6) is 11.5 Å². The van der Waals surface area contributed by atoms with Gasteiger partial charge in [0.15, 0.2) is 11.5 Å². The number of carbonyl (C=O) groups excluding carboxylic acids is 1. The van der Waals surface area contributed by atoms with Gasteiger partial charge in [-0.05, 0) is 92.7 Å². The molecule has 0 fully saturated rings. The van der Waals surface area contributed by atoms with Crippen LogP contribution in [0.3, 0.4) is 0 Å². The van der Waals surface area contributed by atoms with Gasteiger partial charge < -0.3 is 14.8 Å². The normalized spacial score (nSPS) is 10.9. The van der Waals surface area contributed by atoms with Crippen molar-refractivity contribution in [3.8, 4) is 11.5 Å². The van der Waals surface area contributed by atoms with E-state index in [0.29, 0.717) is 29.7 Å². The van der Waals surface area contributed by atoms with Gasteiger partial charge in [0.1, 0.15) is 6.61 Å². The number of ether oxygens (including phenoxy) is 2. The summed E-state index contributed by atoms with van der Waals surface area (Å²) in [5.41, 5.74) is 3.60. The van der Waals surface area contributed by atoms with Crippen LogP contribution in [0.2, 0.25) is 5.02 Å². The zero-order valence-corrected chi connectivity index (χ0v) is 22.3. The van der Waals surface area contributed by atoms with E-state index in [0.717, 1.165) is 32.2 Å². The Hall–Kier alpha value is -2.28. The third-order valence-electron chi connectivity index (χ3n) is 4.79. The summed E-state index contributed by atoms with van der Waals surface area (Å²) in [5, 5.41) is 3.53. The SMILES string of the molecule is CCOc1cc(/C=C/C(=O)Nc2ccc(CC)cc2Br)cc(Br)c1OCc1ccccc1Cl. The van der Waals surface area contributed by atoms with E-state index in [1.807, 2.05) is 61.5 Å². The highest BCUT2D eigenvalue weighted by Gasteiger charge is 2.13. The average molecular weight is 594 g/mol. The Morgan fingerprint density at radius 2 is 1.82 bits per heavy atom. The number of amides is 1. The Bertz CT molecular complexity index is 1160. The molecule has 0 saturated carbocycles. The van der Waals surface area contributed by atoms with Crippen LogP contribution in [0, 0.1) is 0 Å².